The van der Waals surface area contributed by atoms with E-state index in [0.717, 1.165) is 4.68 Å². The highest BCUT2D eigenvalue weighted by atomic mass is 16.7. The quantitative estimate of drug-likeness (QED) is 0.674. The van der Waals surface area contributed by atoms with Crippen molar-refractivity contribution in [2.24, 2.45) is 0 Å². The number of hydrogen-bond donors (Lipinski definition) is 2. The third-order valence-corrected chi connectivity index (χ3v) is 3.68. The van der Waals surface area contributed by atoms with Gasteiger partial charge in [0.1, 0.15) is 13.2 Å². The summed E-state index contributed by atoms with van der Waals surface area (Å²) in [5.74, 6) is 1.05. The number of hydrogen-bond acceptors (Lipinski definition) is 7. The molecule has 1 aliphatic heterocycles. The molecule has 26 heavy (non-hydrogen) atoms. The van der Waals surface area contributed by atoms with Crippen molar-refractivity contribution >= 4 is 5.91 Å². The van der Waals surface area contributed by atoms with Gasteiger partial charge in [-0.1, -0.05) is 0 Å². The van der Waals surface area contributed by atoms with E-state index in [9.17, 15) is 14.7 Å². The lowest BCUT2D eigenvalue weighted by molar-refractivity contribution is -0.122. The molecule has 0 spiro atoms. The molecule has 0 radical (unpaired) electrons. The van der Waals surface area contributed by atoms with Crippen LogP contribution in [0.2, 0.25) is 0 Å². The van der Waals surface area contributed by atoms with Crippen LogP contribution in [-0.4, -0.2) is 51.9 Å². The van der Waals surface area contributed by atoms with E-state index in [1.54, 1.807) is 25.1 Å². The van der Waals surface area contributed by atoms with Crippen molar-refractivity contribution in [3.63, 3.8) is 0 Å². The summed E-state index contributed by atoms with van der Waals surface area (Å²) >= 11 is 0. The molecule has 140 valence electrons. The van der Waals surface area contributed by atoms with Crippen molar-refractivity contribution in [2.45, 2.75) is 26.2 Å². The third kappa shape index (κ3) is 3.70. The number of aliphatic hydroxyl groups is 1. The van der Waals surface area contributed by atoms with E-state index in [2.05, 4.69) is 10.4 Å². The van der Waals surface area contributed by atoms with Gasteiger partial charge in [-0.05, 0) is 19.1 Å². The molecule has 0 unspecified atom stereocenters. The maximum absolute atomic E-state index is 12.7. The lowest BCUT2D eigenvalue weighted by Crippen LogP contribution is -2.36. The van der Waals surface area contributed by atoms with Crippen molar-refractivity contribution in [3.05, 3.63) is 34.5 Å². The Balaban J connectivity index is 1.91. The fourth-order valence-corrected chi connectivity index (χ4v) is 2.52. The molecule has 0 saturated carbocycles. The number of methoxy groups -OCH3 is 1. The Morgan fingerprint density at radius 2 is 2.19 bits per heavy atom. The van der Waals surface area contributed by atoms with Crippen LogP contribution in [0.5, 0.6) is 11.5 Å². The Morgan fingerprint density at radius 1 is 1.42 bits per heavy atom. The van der Waals surface area contributed by atoms with E-state index in [1.807, 2.05) is 0 Å². The highest BCUT2D eigenvalue weighted by molar-refractivity contribution is 5.75. The standard InChI is InChI=1S/C16H20N4O6/c1-10(21)6-17-15(22)7-19-16(23)20(14(18-19)8-24-2)11-3-4-12-13(5-11)26-9-25-12/h3-5,10,21H,6-9H2,1-2H3,(H,17,22)/t10-/m1/s1. The Kier molecular flexibility index (Phi) is 5.24. The number of fused-ring (bicyclic) bond motifs is 1. The lowest BCUT2D eigenvalue weighted by atomic mass is 10.2. The molecule has 1 amide bonds. The first-order valence-electron chi connectivity index (χ1n) is 8.02. The van der Waals surface area contributed by atoms with Gasteiger partial charge in [0.05, 0.1) is 11.8 Å². The van der Waals surface area contributed by atoms with E-state index in [0.29, 0.717) is 23.0 Å². The second-order valence-corrected chi connectivity index (χ2v) is 5.82. The van der Waals surface area contributed by atoms with E-state index in [4.69, 9.17) is 14.2 Å². The van der Waals surface area contributed by atoms with Crippen LogP contribution in [0.3, 0.4) is 0 Å². The molecule has 2 aromatic rings. The summed E-state index contributed by atoms with van der Waals surface area (Å²) in [7, 11) is 1.49. The summed E-state index contributed by atoms with van der Waals surface area (Å²) in [5.41, 5.74) is 0.0463. The van der Waals surface area contributed by atoms with Gasteiger partial charge in [0.2, 0.25) is 12.7 Å². The summed E-state index contributed by atoms with van der Waals surface area (Å²) in [6.45, 7) is 1.60. The first-order valence-corrected chi connectivity index (χ1v) is 8.02. The van der Waals surface area contributed by atoms with Crippen LogP contribution in [0.1, 0.15) is 12.7 Å². The maximum atomic E-state index is 12.7. The molecular formula is C16H20N4O6. The molecule has 1 atom stereocenters. The number of nitrogens with one attached hydrogen (secondary N) is 1. The third-order valence-electron chi connectivity index (χ3n) is 3.68. The van der Waals surface area contributed by atoms with E-state index in [1.165, 1.54) is 11.7 Å². The fourth-order valence-electron chi connectivity index (χ4n) is 2.52. The number of aromatic nitrogens is 3. The summed E-state index contributed by atoms with van der Waals surface area (Å²) in [6, 6.07) is 5.07. The van der Waals surface area contributed by atoms with Gasteiger partial charge in [0.25, 0.3) is 0 Å². The highest BCUT2D eigenvalue weighted by Crippen LogP contribution is 2.33. The van der Waals surface area contributed by atoms with Gasteiger partial charge in [0.15, 0.2) is 17.3 Å². The van der Waals surface area contributed by atoms with Gasteiger partial charge < -0.3 is 24.6 Å². The van der Waals surface area contributed by atoms with Crippen LogP contribution in [0.25, 0.3) is 5.69 Å². The van der Waals surface area contributed by atoms with Crippen LogP contribution in [0, 0.1) is 0 Å². The van der Waals surface area contributed by atoms with Gasteiger partial charge in [0, 0.05) is 19.7 Å². The number of amides is 1. The van der Waals surface area contributed by atoms with E-state index < -0.39 is 17.7 Å². The zero-order valence-corrected chi connectivity index (χ0v) is 14.5. The van der Waals surface area contributed by atoms with Crippen molar-refractivity contribution in [1.82, 2.24) is 19.7 Å². The highest BCUT2D eigenvalue weighted by Gasteiger charge is 2.20. The molecule has 10 heteroatoms. The van der Waals surface area contributed by atoms with Gasteiger partial charge in [-0.25, -0.2) is 14.0 Å². The zero-order valence-electron chi connectivity index (χ0n) is 14.5. The van der Waals surface area contributed by atoms with Gasteiger partial charge in [-0.2, -0.15) is 5.10 Å². The molecule has 0 saturated heterocycles. The fraction of sp³-hybridized carbons (Fsp3) is 0.438. The zero-order chi connectivity index (χ0) is 18.7. The van der Waals surface area contributed by atoms with Crippen LogP contribution in [0.15, 0.2) is 23.0 Å². The molecule has 1 aromatic heterocycles. The molecular weight excluding hydrogens is 344 g/mol. The topological polar surface area (TPSA) is 117 Å². The van der Waals surface area contributed by atoms with Crippen LogP contribution >= 0.6 is 0 Å². The largest absolute Gasteiger partial charge is 0.454 e. The van der Waals surface area contributed by atoms with Crippen molar-refractivity contribution in [1.29, 1.82) is 0 Å². The van der Waals surface area contributed by atoms with E-state index in [-0.39, 0.29) is 26.5 Å². The number of nitrogens with zero attached hydrogens (tertiary/aromatic N) is 3. The Bertz CT molecular complexity index is 857. The molecule has 1 aromatic carbocycles. The number of ether oxygens (including phenoxy) is 3. The molecule has 0 bridgehead atoms. The smallest absolute Gasteiger partial charge is 0.351 e. The Labute approximate surface area is 148 Å². The number of rotatable bonds is 7. The van der Waals surface area contributed by atoms with Gasteiger partial charge in [-0.15, -0.1) is 0 Å². The van der Waals surface area contributed by atoms with Crippen LogP contribution < -0.4 is 20.5 Å². The second-order valence-electron chi connectivity index (χ2n) is 5.82. The molecule has 3 rings (SSSR count). The summed E-state index contributed by atoms with van der Waals surface area (Å²) in [4.78, 5) is 24.7. The monoisotopic (exact) mass is 364 g/mol. The van der Waals surface area contributed by atoms with Crippen LogP contribution in [-0.2, 0) is 22.7 Å². The van der Waals surface area contributed by atoms with Gasteiger partial charge in [-0.3, -0.25) is 4.79 Å². The predicted molar refractivity (Wildman–Crippen MR) is 89.4 cm³/mol. The lowest BCUT2D eigenvalue weighted by Gasteiger charge is -2.06. The average Bonchev–Trinajstić information content (AvgIpc) is 3.18. The maximum Gasteiger partial charge on any atom is 0.351 e. The number of aliphatic hydroxyl groups excluding tert-OH is 1. The molecule has 1 aliphatic rings. The average molecular weight is 364 g/mol. The molecule has 2 heterocycles. The number of carbonyl (C=O) groups excluding carboxylic acids is 1. The van der Waals surface area contributed by atoms with Crippen molar-refractivity contribution in [3.8, 4) is 17.2 Å². The summed E-state index contributed by atoms with van der Waals surface area (Å²) in [5, 5.41) is 15.9. The molecule has 10 nitrogen and oxygen atoms in total. The SMILES string of the molecule is COCc1nn(CC(=O)NC[C@@H](C)O)c(=O)n1-c1ccc2c(c1)OCO2. The molecule has 0 fully saturated rings. The van der Waals surface area contributed by atoms with E-state index >= 15 is 0 Å². The molecule has 2 N–H and O–H groups in total. The van der Waals surface area contributed by atoms with Crippen LogP contribution in [0.4, 0.5) is 0 Å². The minimum Gasteiger partial charge on any atom is -0.454 e. The second kappa shape index (κ2) is 7.58. The van der Waals surface area contributed by atoms with Crippen molar-refractivity contribution < 1.29 is 24.1 Å². The van der Waals surface area contributed by atoms with Crippen molar-refractivity contribution in [2.75, 3.05) is 20.4 Å². The van der Waals surface area contributed by atoms with Gasteiger partial charge >= 0.3 is 5.69 Å². The number of benzene rings is 1. The Hall–Kier alpha value is -2.85. The molecule has 0 aliphatic carbocycles. The first-order chi connectivity index (χ1) is 12.5. The normalized spacial score (nSPS) is 13.7. The Morgan fingerprint density at radius 3 is 2.92 bits per heavy atom. The summed E-state index contributed by atoms with van der Waals surface area (Å²) < 4.78 is 18.1. The minimum atomic E-state index is -0.675. The first kappa shape index (κ1) is 18.0. The minimum absolute atomic E-state index is 0.0893. The summed E-state index contributed by atoms with van der Waals surface area (Å²) in [6.07, 6.45) is -0.675. The predicted octanol–water partition coefficient (Wildman–Crippen LogP) is -0.594. The number of carbonyl (C=O) groups is 1.